The normalized spacial score (nSPS) is 10.6. The Morgan fingerprint density at radius 2 is 2.25 bits per heavy atom. The predicted molar refractivity (Wildman–Crippen MR) is 77.9 cm³/mol. The molecule has 0 unspecified atom stereocenters. The van der Waals surface area contributed by atoms with Crippen LogP contribution in [0.3, 0.4) is 0 Å². The lowest BCUT2D eigenvalue weighted by atomic mass is 10.1. The average Bonchev–Trinajstić information content (AvgIpc) is 2.76. The van der Waals surface area contributed by atoms with E-state index in [1.54, 1.807) is 16.8 Å². The second-order valence-corrected chi connectivity index (χ2v) is 5.26. The highest BCUT2D eigenvalue weighted by molar-refractivity contribution is 9.10. The lowest BCUT2D eigenvalue weighted by Crippen LogP contribution is -2.24. The van der Waals surface area contributed by atoms with E-state index < -0.39 is 11.7 Å². The van der Waals surface area contributed by atoms with E-state index >= 15 is 0 Å². The maximum Gasteiger partial charge on any atom is 0.255 e. The molecule has 0 atom stereocenters. The molecule has 0 saturated heterocycles. The molecule has 0 fully saturated rings. The topological polar surface area (TPSA) is 46.9 Å². The van der Waals surface area contributed by atoms with Crippen molar-refractivity contribution >= 4 is 21.8 Å². The van der Waals surface area contributed by atoms with Gasteiger partial charge in [0.1, 0.15) is 5.82 Å². The predicted octanol–water partition coefficient (Wildman–Crippen LogP) is 2.81. The fraction of sp³-hybridized carbons (Fsp3) is 0.286. The molecular formula is C14H15BrFN3O. The zero-order chi connectivity index (χ0) is 14.7. The number of hydrogen-bond acceptors (Lipinski definition) is 2. The standard InChI is InChI=1S/C14H15BrFN3O/c1-3-12-9(8-19(2)18-12)7-17-14(20)13-10(15)5-4-6-11(13)16/h4-6,8H,3,7H2,1-2H3,(H,17,20). The van der Waals surface area contributed by atoms with E-state index in [0.29, 0.717) is 11.0 Å². The Hall–Kier alpha value is -1.69. The van der Waals surface area contributed by atoms with Crippen LogP contribution in [0, 0.1) is 5.82 Å². The summed E-state index contributed by atoms with van der Waals surface area (Å²) in [6.07, 6.45) is 2.64. The summed E-state index contributed by atoms with van der Waals surface area (Å²) < 4.78 is 15.8. The summed E-state index contributed by atoms with van der Waals surface area (Å²) in [6, 6.07) is 4.45. The third kappa shape index (κ3) is 3.07. The summed E-state index contributed by atoms with van der Waals surface area (Å²) in [5.41, 5.74) is 1.89. The van der Waals surface area contributed by atoms with Gasteiger partial charge in [0, 0.05) is 29.8 Å². The Morgan fingerprint density at radius 3 is 2.90 bits per heavy atom. The number of benzene rings is 1. The number of amides is 1. The molecule has 1 aromatic heterocycles. The molecule has 4 nitrogen and oxygen atoms in total. The first-order valence-corrected chi connectivity index (χ1v) is 7.05. The molecule has 20 heavy (non-hydrogen) atoms. The van der Waals surface area contributed by atoms with E-state index in [4.69, 9.17) is 0 Å². The molecule has 106 valence electrons. The fourth-order valence-electron chi connectivity index (χ4n) is 2.01. The Kier molecular flexibility index (Phi) is 4.54. The highest BCUT2D eigenvalue weighted by Crippen LogP contribution is 2.19. The zero-order valence-corrected chi connectivity index (χ0v) is 12.9. The summed E-state index contributed by atoms with van der Waals surface area (Å²) in [5.74, 6) is -0.986. The molecule has 0 aliphatic heterocycles. The van der Waals surface area contributed by atoms with Crippen molar-refractivity contribution in [1.29, 1.82) is 0 Å². The lowest BCUT2D eigenvalue weighted by molar-refractivity contribution is 0.0946. The van der Waals surface area contributed by atoms with Gasteiger partial charge in [0.25, 0.3) is 5.91 Å². The summed E-state index contributed by atoms with van der Waals surface area (Å²) in [7, 11) is 1.83. The van der Waals surface area contributed by atoms with Crippen LogP contribution in [0.25, 0.3) is 0 Å². The summed E-state index contributed by atoms with van der Waals surface area (Å²) in [6.45, 7) is 2.33. The first kappa shape index (κ1) is 14.7. The van der Waals surface area contributed by atoms with Crippen molar-refractivity contribution < 1.29 is 9.18 Å². The van der Waals surface area contributed by atoms with Gasteiger partial charge in [0.05, 0.1) is 11.3 Å². The van der Waals surface area contributed by atoms with Crippen LogP contribution in [-0.4, -0.2) is 15.7 Å². The Bertz CT molecular complexity index is 619. The molecule has 0 saturated carbocycles. The van der Waals surface area contributed by atoms with Gasteiger partial charge in [-0.2, -0.15) is 5.10 Å². The third-order valence-electron chi connectivity index (χ3n) is 2.96. The molecule has 6 heteroatoms. The number of aryl methyl sites for hydroxylation is 2. The SMILES string of the molecule is CCc1nn(C)cc1CNC(=O)c1c(F)cccc1Br. The molecule has 1 aromatic carbocycles. The van der Waals surface area contributed by atoms with Gasteiger partial charge in [-0.05, 0) is 34.5 Å². The highest BCUT2D eigenvalue weighted by atomic mass is 79.9. The number of halogens is 2. The third-order valence-corrected chi connectivity index (χ3v) is 3.62. The van der Waals surface area contributed by atoms with Gasteiger partial charge in [-0.15, -0.1) is 0 Å². The molecule has 0 aliphatic rings. The molecule has 0 bridgehead atoms. The molecule has 2 aromatic rings. The van der Waals surface area contributed by atoms with Crippen molar-refractivity contribution in [3.05, 3.63) is 51.5 Å². The van der Waals surface area contributed by atoms with Crippen LogP contribution in [0.2, 0.25) is 0 Å². The van der Waals surface area contributed by atoms with Crippen LogP contribution < -0.4 is 5.32 Å². The lowest BCUT2D eigenvalue weighted by Gasteiger charge is -2.07. The van der Waals surface area contributed by atoms with Crippen molar-refractivity contribution in [1.82, 2.24) is 15.1 Å². The minimum Gasteiger partial charge on any atom is -0.348 e. The van der Waals surface area contributed by atoms with E-state index in [9.17, 15) is 9.18 Å². The molecule has 1 N–H and O–H groups in total. The van der Waals surface area contributed by atoms with Crippen LogP contribution in [0.1, 0.15) is 28.5 Å². The van der Waals surface area contributed by atoms with Crippen molar-refractivity contribution in [2.45, 2.75) is 19.9 Å². The van der Waals surface area contributed by atoms with Crippen LogP contribution in [0.4, 0.5) is 4.39 Å². The van der Waals surface area contributed by atoms with E-state index in [2.05, 4.69) is 26.3 Å². The second kappa shape index (κ2) is 6.17. The van der Waals surface area contributed by atoms with E-state index in [-0.39, 0.29) is 5.56 Å². The Labute approximate surface area is 125 Å². The van der Waals surface area contributed by atoms with Gasteiger partial charge >= 0.3 is 0 Å². The number of nitrogens with zero attached hydrogens (tertiary/aromatic N) is 2. The number of rotatable bonds is 4. The summed E-state index contributed by atoms with van der Waals surface area (Å²) in [5, 5.41) is 7.02. The van der Waals surface area contributed by atoms with Gasteiger partial charge in [-0.25, -0.2) is 4.39 Å². The minimum atomic E-state index is -0.543. The largest absolute Gasteiger partial charge is 0.348 e. The van der Waals surface area contributed by atoms with Gasteiger partial charge in [-0.3, -0.25) is 9.48 Å². The molecule has 0 aliphatic carbocycles. The van der Waals surface area contributed by atoms with Gasteiger partial charge < -0.3 is 5.32 Å². The Balaban J connectivity index is 2.13. The molecular weight excluding hydrogens is 325 g/mol. The van der Waals surface area contributed by atoms with Crippen molar-refractivity contribution in [3.63, 3.8) is 0 Å². The van der Waals surface area contributed by atoms with Crippen LogP contribution >= 0.6 is 15.9 Å². The number of hydrogen-bond donors (Lipinski definition) is 1. The van der Waals surface area contributed by atoms with Crippen molar-refractivity contribution in [2.24, 2.45) is 7.05 Å². The van der Waals surface area contributed by atoms with Gasteiger partial charge in [0.2, 0.25) is 0 Å². The van der Waals surface area contributed by atoms with Crippen molar-refractivity contribution in [2.75, 3.05) is 0 Å². The van der Waals surface area contributed by atoms with Gasteiger partial charge in [0.15, 0.2) is 0 Å². The highest BCUT2D eigenvalue weighted by Gasteiger charge is 2.16. The smallest absolute Gasteiger partial charge is 0.255 e. The zero-order valence-electron chi connectivity index (χ0n) is 11.3. The maximum atomic E-state index is 13.7. The number of carbonyl (C=O) groups is 1. The average molecular weight is 340 g/mol. The monoisotopic (exact) mass is 339 g/mol. The summed E-state index contributed by atoms with van der Waals surface area (Å²) >= 11 is 3.19. The van der Waals surface area contributed by atoms with Crippen molar-refractivity contribution in [3.8, 4) is 0 Å². The van der Waals surface area contributed by atoms with E-state index in [0.717, 1.165) is 17.7 Å². The van der Waals surface area contributed by atoms with Crippen LogP contribution in [0.15, 0.2) is 28.9 Å². The quantitative estimate of drug-likeness (QED) is 0.930. The van der Waals surface area contributed by atoms with E-state index in [1.807, 2.05) is 20.2 Å². The minimum absolute atomic E-state index is 0.0226. The molecule has 0 spiro atoms. The fourth-order valence-corrected chi connectivity index (χ4v) is 2.53. The first-order valence-electron chi connectivity index (χ1n) is 6.26. The molecule has 1 heterocycles. The van der Waals surface area contributed by atoms with E-state index in [1.165, 1.54) is 6.07 Å². The number of carbonyl (C=O) groups excluding carboxylic acids is 1. The molecule has 1 amide bonds. The second-order valence-electron chi connectivity index (χ2n) is 4.41. The first-order chi connectivity index (χ1) is 9.52. The van der Waals surface area contributed by atoms with Crippen LogP contribution in [-0.2, 0) is 20.0 Å². The molecule has 2 rings (SSSR count). The number of aromatic nitrogens is 2. The maximum absolute atomic E-state index is 13.7. The number of nitrogens with one attached hydrogen (secondary N) is 1. The van der Waals surface area contributed by atoms with Crippen LogP contribution in [0.5, 0.6) is 0 Å². The summed E-state index contributed by atoms with van der Waals surface area (Å²) in [4.78, 5) is 12.1. The Morgan fingerprint density at radius 1 is 1.50 bits per heavy atom. The molecule has 0 radical (unpaired) electrons. The van der Waals surface area contributed by atoms with Gasteiger partial charge in [-0.1, -0.05) is 13.0 Å².